The quantitative estimate of drug-likeness (QED) is 0.300. The number of halogens is 2. The van der Waals surface area contributed by atoms with Crippen LogP contribution in [0.1, 0.15) is 23.0 Å². The van der Waals surface area contributed by atoms with Crippen LogP contribution in [0.25, 0.3) is 22.3 Å². The lowest BCUT2D eigenvalue weighted by atomic mass is 10.1. The van der Waals surface area contributed by atoms with Crippen molar-refractivity contribution in [3.8, 4) is 11.3 Å². The highest BCUT2D eigenvalue weighted by Gasteiger charge is 2.35. The number of aromatic nitrogens is 6. The summed E-state index contributed by atoms with van der Waals surface area (Å²) in [7, 11) is 5.48. The zero-order valence-corrected chi connectivity index (χ0v) is 24.0. The number of rotatable bonds is 6. The van der Waals surface area contributed by atoms with E-state index in [0.29, 0.717) is 35.8 Å². The summed E-state index contributed by atoms with van der Waals surface area (Å²) in [4.78, 5) is 38.6. The van der Waals surface area contributed by atoms with Gasteiger partial charge in [0, 0.05) is 49.1 Å². The number of aryl methyl sites for hydroxylation is 1. The topological polar surface area (TPSA) is 114 Å². The molecule has 1 N–H and O–H groups in total. The van der Waals surface area contributed by atoms with Crippen LogP contribution in [0.15, 0.2) is 65.5 Å². The molecule has 2 amide bonds. The smallest absolute Gasteiger partial charge is 0.272 e. The van der Waals surface area contributed by atoms with Crippen molar-refractivity contribution in [2.45, 2.75) is 12.5 Å². The third-order valence-corrected chi connectivity index (χ3v) is 7.63. The second-order valence-electron chi connectivity index (χ2n) is 9.92. The van der Waals surface area contributed by atoms with E-state index in [0.717, 1.165) is 15.5 Å². The molecule has 13 heteroatoms. The molecule has 0 radical (unpaired) electrons. The number of benzene rings is 2. The van der Waals surface area contributed by atoms with Gasteiger partial charge in [0.2, 0.25) is 0 Å². The van der Waals surface area contributed by atoms with Crippen molar-refractivity contribution in [1.82, 2.24) is 29.5 Å². The molecule has 1 fully saturated rings. The second-order valence-corrected chi connectivity index (χ2v) is 10.8. The molecule has 11 nitrogen and oxygen atoms in total. The van der Waals surface area contributed by atoms with Crippen molar-refractivity contribution in [3.05, 3.63) is 77.0 Å². The Hall–Kier alpha value is -4.65. The van der Waals surface area contributed by atoms with E-state index >= 15 is 0 Å². The predicted octanol–water partition coefficient (Wildman–Crippen LogP) is 4.42. The Labute approximate surface area is 242 Å². The van der Waals surface area contributed by atoms with Gasteiger partial charge in [-0.1, -0.05) is 21.1 Å². The van der Waals surface area contributed by atoms with Gasteiger partial charge >= 0.3 is 0 Å². The highest BCUT2D eigenvalue weighted by atomic mass is 79.9. The Balaban J connectivity index is 1.23. The molecule has 2 aromatic carbocycles. The molecule has 1 aliphatic heterocycles. The molecule has 41 heavy (non-hydrogen) atoms. The molecule has 4 heterocycles. The maximum atomic E-state index is 14.9. The molecule has 1 atom stereocenters. The van der Waals surface area contributed by atoms with Gasteiger partial charge in [0.15, 0.2) is 0 Å². The molecular weight excluding hydrogens is 593 g/mol. The minimum Gasteiger partial charge on any atom is -0.362 e. The van der Waals surface area contributed by atoms with E-state index in [-0.39, 0.29) is 23.1 Å². The molecule has 1 saturated heterocycles. The fourth-order valence-corrected chi connectivity index (χ4v) is 5.29. The summed E-state index contributed by atoms with van der Waals surface area (Å²) in [5.41, 5.74) is 2.57. The van der Waals surface area contributed by atoms with Gasteiger partial charge in [-0.25, -0.2) is 19.0 Å². The third kappa shape index (κ3) is 4.82. The number of fused-ring (bicyclic) bond motifs is 1. The summed E-state index contributed by atoms with van der Waals surface area (Å²) in [5, 5.41) is 11.9. The summed E-state index contributed by atoms with van der Waals surface area (Å²) < 4.78 is 19.0. The third-order valence-electron chi connectivity index (χ3n) is 7.10. The van der Waals surface area contributed by atoms with E-state index in [1.807, 2.05) is 43.3 Å². The van der Waals surface area contributed by atoms with Crippen LogP contribution in [-0.2, 0) is 11.8 Å². The minimum absolute atomic E-state index is 0.109. The first-order valence-corrected chi connectivity index (χ1v) is 13.6. The Morgan fingerprint density at radius 1 is 1.12 bits per heavy atom. The fourth-order valence-electron chi connectivity index (χ4n) is 5.03. The number of carbonyl (C=O) groups excluding carboxylic acids is 2. The SMILES string of the molecule is CN(C)c1ncnc2c1cc(C(=O)Nc1ccc(F)c(-c3cn(C4CCN(c5ccc(Br)cc5)C4=O)nn3)c1)n2C. The van der Waals surface area contributed by atoms with Gasteiger partial charge in [-0.3, -0.25) is 9.59 Å². The first-order valence-electron chi connectivity index (χ1n) is 12.8. The summed E-state index contributed by atoms with van der Waals surface area (Å²) in [5.74, 6) is -0.333. The van der Waals surface area contributed by atoms with E-state index in [1.54, 1.807) is 28.8 Å². The van der Waals surface area contributed by atoms with Crippen LogP contribution in [0.4, 0.5) is 21.6 Å². The van der Waals surface area contributed by atoms with Crippen LogP contribution in [0.3, 0.4) is 0 Å². The van der Waals surface area contributed by atoms with E-state index in [2.05, 4.69) is 41.5 Å². The molecule has 208 valence electrons. The van der Waals surface area contributed by atoms with Gasteiger partial charge in [-0.05, 0) is 55.0 Å². The Morgan fingerprint density at radius 3 is 2.66 bits per heavy atom. The lowest BCUT2D eigenvalue weighted by Gasteiger charge is -2.16. The first kappa shape index (κ1) is 26.6. The van der Waals surface area contributed by atoms with Gasteiger partial charge in [0.1, 0.15) is 41.0 Å². The molecule has 1 aliphatic rings. The van der Waals surface area contributed by atoms with E-state index in [1.165, 1.54) is 29.2 Å². The van der Waals surface area contributed by atoms with Crippen molar-refractivity contribution in [2.24, 2.45) is 7.05 Å². The number of anilines is 3. The van der Waals surface area contributed by atoms with Gasteiger partial charge in [0.25, 0.3) is 11.8 Å². The maximum Gasteiger partial charge on any atom is 0.272 e. The summed E-state index contributed by atoms with van der Waals surface area (Å²) in [6.45, 7) is 0.534. The average molecular weight is 618 g/mol. The normalized spacial score (nSPS) is 15.1. The molecule has 0 saturated carbocycles. The molecule has 5 aromatic rings. The molecule has 3 aromatic heterocycles. The average Bonchev–Trinajstić information content (AvgIpc) is 3.67. The van der Waals surface area contributed by atoms with Crippen LogP contribution < -0.4 is 15.1 Å². The van der Waals surface area contributed by atoms with E-state index < -0.39 is 11.9 Å². The summed E-state index contributed by atoms with van der Waals surface area (Å²) in [6, 6.07) is 12.9. The van der Waals surface area contributed by atoms with Gasteiger partial charge < -0.3 is 19.7 Å². The minimum atomic E-state index is -0.549. The van der Waals surface area contributed by atoms with Gasteiger partial charge in [0.05, 0.1) is 11.6 Å². The van der Waals surface area contributed by atoms with Gasteiger partial charge in [-0.15, -0.1) is 5.10 Å². The largest absolute Gasteiger partial charge is 0.362 e. The summed E-state index contributed by atoms with van der Waals surface area (Å²) in [6.07, 6.45) is 3.56. The molecule has 0 aliphatic carbocycles. The number of amides is 2. The monoisotopic (exact) mass is 617 g/mol. The lowest BCUT2D eigenvalue weighted by Crippen LogP contribution is -2.28. The van der Waals surface area contributed by atoms with Crippen LogP contribution in [0.2, 0.25) is 0 Å². The summed E-state index contributed by atoms with van der Waals surface area (Å²) >= 11 is 3.41. The Kier molecular flexibility index (Phi) is 6.73. The maximum absolute atomic E-state index is 14.9. The lowest BCUT2D eigenvalue weighted by molar-refractivity contribution is -0.120. The van der Waals surface area contributed by atoms with Crippen LogP contribution in [-0.4, -0.2) is 62.0 Å². The van der Waals surface area contributed by atoms with E-state index in [9.17, 15) is 14.0 Å². The second kappa shape index (κ2) is 10.4. The highest BCUT2D eigenvalue weighted by Crippen LogP contribution is 2.31. The zero-order chi connectivity index (χ0) is 28.8. The number of hydrogen-bond acceptors (Lipinski definition) is 7. The van der Waals surface area contributed by atoms with Gasteiger partial charge in [-0.2, -0.15) is 0 Å². The molecule has 6 rings (SSSR count). The Morgan fingerprint density at radius 2 is 1.90 bits per heavy atom. The van der Waals surface area contributed by atoms with Crippen LogP contribution in [0, 0.1) is 5.82 Å². The van der Waals surface area contributed by atoms with Crippen molar-refractivity contribution >= 4 is 56.0 Å². The molecule has 0 bridgehead atoms. The number of hydrogen-bond donors (Lipinski definition) is 1. The van der Waals surface area contributed by atoms with Crippen molar-refractivity contribution < 1.29 is 14.0 Å². The standard InChI is InChI=1S/C28H25BrFN9O2/c1-36(2)25-20-13-24(37(3)26(20)32-15-31-25)27(40)33-17-6-9-21(30)19(12-17)22-14-39(35-34-22)23-10-11-38(28(23)41)18-7-4-16(29)5-8-18/h4-9,12-15,23H,10-11H2,1-3H3,(H,33,40). The molecule has 0 spiro atoms. The van der Waals surface area contributed by atoms with E-state index in [4.69, 9.17) is 0 Å². The van der Waals surface area contributed by atoms with Crippen LogP contribution >= 0.6 is 15.9 Å². The van der Waals surface area contributed by atoms with Crippen molar-refractivity contribution in [2.75, 3.05) is 35.8 Å². The zero-order valence-electron chi connectivity index (χ0n) is 22.4. The molecule has 1 unspecified atom stereocenters. The first-order chi connectivity index (χ1) is 19.7. The Bertz CT molecular complexity index is 1800. The van der Waals surface area contributed by atoms with Crippen molar-refractivity contribution in [1.29, 1.82) is 0 Å². The van der Waals surface area contributed by atoms with Crippen LogP contribution in [0.5, 0.6) is 0 Å². The predicted molar refractivity (Wildman–Crippen MR) is 156 cm³/mol. The highest BCUT2D eigenvalue weighted by molar-refractivity contribution is 9.10. The number of carbonyl (C=O) groups is 2. The number of nitrogens with one attached hydrogen (secondary N) is 1. The van der Waals surface area contributed by atoms with Crippen molar-refractivity contribution in [3.63, 3.8) is 0 Å². The number of nitrogens with zero attached hydrogens (tertiary/aromatic N) is 8. The fraction of sp³-hybridized carbons (Fsp3) is 0.214. The molecular formula is C28H25BrFN9O2.